The largest absolute Gasteiger partial charge is 0.351 e. The van der Waals surface area contributed by atoms with Gasteiger partial charge in [-0.1, -0.05) is 11.6 Å². The number of nitrogens with one attached hydrogen (secondary N) is 1. The first-order valence-corrected chi connectivity index (χ1v) is 5.23. The fraction of sp³-hybridized carbons (Fsp3) is 0.154. The maximum Gasteiger partial charge on any atom is 0.166 e. The third-order valence-corrected chi connectivity index (χ3v) is 3.09. The van der Waals surface area contributed by atoms with E-state index >= 15 is 0 Å². The highest BCUT2D eigenvalue weighted by Gasteiger charge is 2.10. The number of rotatable bonds is 1. The van der Waals surface area contributed by atoms with Gasteiger partial charge in [0.25, 0.3) is 0 Å². The van der Waals surface area contributed by atoms with Crippen LogP contribution in [0.1, 0.15) is 16.1 Å². The summed E-state index contributed by atoms with van der Waals surface area (Å²) in [5, 5.41) is 1.17. The Labute approximate surface area is 92.7 Å². The van der Waals surface area contributed by atoms with Gasteiger partial charge in [-0.3, -0.25) is 4.79 Å². The van der Waals surface area contributed by atoms with E-state index in [2.05, 4.69) is 34.7 Å². The molecule has 16 heavy (non-hydrogen) atoms. The monoisotopic (exact) mass is 212 g/mol. The lowest BCUT2D eigenvalue weighted by Crippen LogP contribution is -1.86. The molecule has 0 unspecified atom stereocenters. The molecule has 3 rings (SSSR count). The number of nitrogens with zero attached hydrogens (tertiary/aromatic N) is 1. The minimum atomic E-state index is 0.629. The Balaban J connectivity index is 2.54. The first-order valence-electron chi connectivity index (χ1n) is 5.23. The van der Waals surface area contributed by atoms with Gasteiger partial charge in [-0.2, -0.15) is 0 Å². The SMILES string of the molecule is Cc1ccc2c(c1)c1[nH]c(C=O)cc1n2C. The maximum atomic E-state index is 10.7. The molecular formula is C13H12N2O. The quantitative estimate of drug-likeness (QED) is 0.619. The molecule has 0 saturated carbocycles. The maximum absolute atomic E-state index is 10.7. The lowest BCUT2D eigenvalue weighted by Gasteiger charge is -1.97. The molecule has 0 bridgehead atoms. The number of aryl methyl sites for hydroxylation is 2. The molecule has 1 aromatic carbocycles. The van der Waals surface area contributed by atoms with Crippen LogP contribution in [0.4, 0.5) is 0 Å². The Morgan fingerprint density at radius 3 is 2.81 bits per heavy atom. The van der Waals surface area contributed by atoms with Gasteiger partial charge in [0.1, 0.15) is 0 Å². The van der Waals surface area contributed by atoms with E-state index in [1.807, 2.05) is 13.1 Å². The van der Waals surface area contributed by atoms with Gasteiger partial charge < -0.3 is 9.55 Å². The molecule has 0 fully saturated rings. The molecule has 0 amide bonds. The molecule has 80 valence electrons. The number of carbonyl (C=O) groups is 1. The van der Waals surface area contributed by atoms with Crippen LogP contribution < -0.4 is 0 Å². The fourth-order valence-electron chi connectivity index (χ4n) is 2.27. The number of aromatic amines is 1. The van der Waals surface area contributed by atoms with Gasteiger partial charge in [-0.05, 0) is 25.1 Å². The van der Waals surface area contributed by atoms with E-state index in [-0.39, 0.29) is 0 Å². The van der Waals surface area contributed by atoms with Crippen molar-refractivity contribution in [3.8, 4) is 0 Å². The van der Waals surface area contributed by atoms with Crippen molar-refractivity contribution in [1.82, 2.24) is 9.55 Å². The predicted molar refractivity (Wildman–Crippen MR) is 64.9 cm³/mol. The van der Waals surface area contributed by atoms with Crippen LogP contribution in [0.2, 0.25) is 0 Å². The summed E-state index contributed by atoms with van der Waals surface area (Å²) in [6.07, 6.45) is 0.849. The van der Waals surface area contributed by atoms with Crippen LogP contribution in [0, 0.1) is 6.92 Å². The van der Waals surface area contributed by atoms with Crippen LogP contribution in [-0.4, -0.2) is 15.8 Å². The van der Waals surface area contributed by atoms with Gasteiger partial charge in [0.05, 0.1) is 22.2 Å². The van der Waals surface area contributed by atoms with Gasteiger partial charge in [0, 0.05) is 12.4 Å². The van der Waals surface area contributed by atoms with Gasteiger partial charge in [-0.15, -0.1) is 0 Å². The van der Waals surface area contributed by atoms with E-state index in [9.17, 15) is 4.79 Å². The summed E-state index contributed by atoms with van der Waals surface area (Å²) in [5.41, 5.74) is 5.15. The van der Waals surface area contributed by atoms with E-state index in [4.69, 9.17) is 0 Å². The molecule has 2 aromatic heterocycles. The summed E-state index contributed by atoms with van der Waals surface area (Å²) in [7, 11) is 2.02. The number of carbonyl (C=O) groups excluding carboxylic acids is 1. The molecule has 3 aromatic rings. The van der Waals surface area contributed by atoms with Crippen LogP contribution in [0.5, 0.6) is 0 Å². The molecular weight excluding hydrogens is 200 g/mol. The van der Waals surface area contributed by atoms with Gasteiger partial charge in [0.2, 0.25) is 0 Å². The van der Waals surface area contributed by atoms with E-state index < -0.39 is 0 Å². The second-order valence-electron chi connectivity index (χ2n) is 4.18. The smallest absolute Gasteiger partial charge is 0.166 e. The molecule has 2 heterocycles. The Kier molecular flexibility index (Phi) is 1.72. The first-order chi connectivity index (χ1) is 7.70. The molecule has 0 spiro atoms. The van der Waals surface area contributed by atoms with E-state index in [0.29, 0.717) is 5.69 Å². The zero-order valence-electron chi connectivity index (χ0n) is 9.24. The highest BCUT2D eigenvalue weighted by Crippen LogP contribution is 2.28. The summed E-state index contributed by atoms with van der Waals surface area (Å²) in [5.74, 6) is 0. The van der Waals surface area contributed by atoms with Crippen LogP contribution in [0.25, 0.3) is 21.9 Å². The summed E-state index contributed by atoms with van der Waals surface area (Å²) in [4.78, 5) is 13.9. The molecule has 0 radical (unpaired) electrons. The van der Waals surface area contributed by atoms with Crippen molar-refractivity contribution in [2.75, 3.05) is 0 Å². The van der Waals surface area contributed by atoms with Crippen molar-refractivity contribution >= 4 is 28.2 Å². The topological polar surface area (TPSA) is 37.8 Å². The van der Waals surface area contributed by atoms with Crippen LogP contribution in [0.3, 0.4) is 0 Å². The average Bonchev–Trinajstić information content (AvgIpc) is 2.80. The van der Waals surface area contributed by atoms with Crippen LogP contribution >= 0.6 is 0 Å². The Hall–Kier alpha value is -2.03. The van der Waals surface area contributed by atoms with Gasteiger partial charge >= 0.3 is 0 Å². The zero-order chi connectivity index (χ0) is 11.3. The zero-order valence-corrected chi connectivity index (χ0v) is 9.24. The van der Waals surface area contributed by atoms with Crippen molar-refractivity contribution in [2.45, 2.75) is 6.92 Å². The third kappa shape index (κ3) is 1.05. The lowest BCUT2D eigenvalue weighted by molar-refractivity contribution is 0.112. The molecule has 0 aliphatic heterocycles. The first kappa shape index (κ1) is 9.21. The summed E-state index contributed by atoms with van der Waals surface area (Å²) < 4.78 is 2.10. The minimum absolute atomic E-state index is 0.629. The Bertz CT molecular complexity index is 703. The molecule has 0 aliphatic carbocycles. The summed E-state index contributed by atoms with van der Waals surface area (Å²) >= 11 is 0. The second-order valence-corrected chi connectivity index (χ2v) is 4.18. The van der Waals surface area contributed by atoms with Crippen molar-refractivity contribution in [2.24, 2.45) is 7.05 Å². The molecule has 0 aliphatic rings. The lowest BCUT2D eigenvalue weighted by atomic mass is 10.2. The van der Waals surface area contributed by atoms with E-state index in [1.54, 1.807) is 0 Å². The average molecular weight is 212 g/mol. The van der Waals surface area contributed by atoms with Gasteiger partial charge in [0.15, 0.2) is 6.29 Å². The Morgan fingerprint density at radius 2 is 2.06 bits per heavy atom. The van der Waals surface area contributed by atoms with Crippen molar-refractivity contribution in [3.63, 3.8) is 0 Å². The van der Waals surface area contributed by atoms with Crippen molar-refractivity contribution in [3.05, 3.63) is 35.5 Å². The molecule has 1 N–H and O–H groups in total. The molecule has 3 heteroatoms. The second kappa shape index (κ2) is 2.98. The number of H-pyrrole nitrogens is 1. The fourth-order valence-corrected chi connectivity index (χ4v) is 2.27. The predicted octanol–water partition coefficient (Wildman–Crippen LogP) is 2.78. The van der Waals surface area contributed by atoms with Crippen LogP contribution in [-0.2, 0) is 7.05 Å². The number of aldehydes is 1. The minimum Gasteiger partial charge on any atom is -0.351 e. The van der Waals surface area contributed by atoms with E-state index in [0.717, 1.165) is 17.3 Å². The highest BCUT2D eigenvalue weighted by molar-refractivity contribution is 6.07. The third-order valence-electron chi connectivity index (χ3n) is 3.09. The Morgan fingerprint density at radius 1 is 1.25 bits per heavy atom. The summed E-state index contributed by atoms with van der Waals surface area (Å²) in [6.45, 7) is 2.07. The standard InChI is InChI=1S/C13H12N2O/c1-8-3-4-11-10(5-8)13-12(15(11)2)6-9(7-16)14-13/h3-7,14H,1-2H3. The number of hydrogen-bond donors (Lipinski definition) is 1. The number of fused-ring (bicyclic) bond motifs is 3. The molecule has 3 nitrogen and oxygen atoms in total. The molecule has 0 atom stereocenters. The van der Waals surface area contributed by atoms with Crippen LogP contribution in [0.15, 0.2) is 24.3 Å². The summed E-state index contributed by atoms with van der Waals surface area (Å²) in [6, 6.07) is 8.24. The number of benzene rings is 1. The van der Waals surface area contributed by atoms with Gasteiger partial charge in [-0.25, -0.2) is 0 Å². The highest BCUT2D eigenvalue weighted by atomic mass is 16.1. The van der Waals surface area contributed by atoms with Crippen molar-refractivity contribution < 1.29 is 4.79 Å². The number of hydrogen-bond acceptors (Lipinski definition) is 1. The number of aromatic nitrogens is 2. The van der Waals surface area contributed by atoms with E-state index in [1.165, 1.54) is 16.5 Å². The normalized spacial score (nSPS) is 11.4. The van der Waals surface area contributed by atoms with Crippen molar-refractivity contribution in [1.29, 1.82) is 0 Å². The molecule has 0 saturated heterocycles.